The summed E-state index contributed by atoms with van der Waals surface area (Å²) in [5.74, 6) is 0. The molecule has 0 bridgehead atoms. The smallest absolute Gasteiger partial charge is 0.0992 e. The number of halogens is 1. The number of anilines is 1. The zero-order chi connectivity index (χ0) is 12.0. The van der Waals surface area contributed by atoms with Gasteiger partial charge in [0.1, 0.15) is 0 Å². The van der Waals surface area contributed by atoms with Gasteiger partial charge in [-0.2, -0.15) is 5.26 Å². The van der Waals surface area contributed by atoms with Gasteiger partial charge in [-0.1, -0.05) is 11.6 Å². The quantitative estimate of drug-likeness (QED) is 0.858. The van der Waals surface area contributed by atoms with Gasteiger partial charge in [-0.15, -0.1) is 0 Å². The van der Waals surface area contributed by atoms with E-state index in [1.807, 2.05) is 13.8 Å². The lowest BCUT2D eigenvalue weighted by Crippen LogP contribution is -2.21. The van der Waals surface area contributed by atoms with E-state index < -0.39 is 0 Å². The van der Waals surface area contributed by atoms with E-state index in [4.69, 9.17) is 21.6 Å². The van der Waals surface area contributed by atoms with Gasteiger partial charge < -0.3 is 10.1 Å². The van der Waals surface area contributed by atoms with Gasteiger partial charge in [0.2, 0.25) is 0 Å². The van der Waals surface area contributed by atoms with Crippen LogP contribution in [0.1, 0.15) is 19.4 Å². The normalized spacial score (nSPS) is 11.9. The lowest BCUT2D eigenvalue weighted by molar-refractivity contribution is 0.141. The van der Waals surface area contributed by atoms with Gasteiger partial charge in [0.25, 0.3) is 0 Å². The number of ether oxygens (including phenoxy) is 1. The molecular weight excluding hydrogens is 224 g/mol. The third kappa shape index (κ3) is 3.73. The molecule has 1 atom stereocenters. The Morgan fingerprint density at radius 2 is 2.31 bits per heavy atom. The van der Waals surface area contributed by atoms with E-state index in [9.17, 15) is 0 Å². The van der Waals surface area contributed by atoms with Crippen LogP contribution >= 0.6 is 11.6 Å². The summed E-state index contributed by atoms with van der Waals surface area (Å²) in [4.78, 5) is 0. The number of nitrogens with one attached hydrogen (secondary N) is 1. The molecule has 0 amide bonds. The molecule has 0 spiro atoms. The molecule has 1 rings (SSSR count). The lowest BCUT2D eigenvalue weighted by atomic mass is 10.2. The molecule has 1 aromatic rings. The maximum absolute atomic E-state index is 8.78. The standard InChI is InChI=1S/C12H15ClN2O/c1-3-16-8-9(2)15-12-6-10(7-14)4-5-11(12)13/h4-6,9,15H,3,8H2,1-2H3. The summed E-state index contributed by atoms with van der Waals surface area (Å²) >= 11 is 6.02. The first kappa shape index (κ1) is 12.8. The second-order valence-corrected chi connectivity index (χ2v) is 3.92. The van der Waals surface area contributed by atoms with Crippen LogP contribution in [0.4, 0.5) is 5.69 Å². The summed E-state index contributed by atoms with van der Waals surface area (Å²) in [7, 11) is 0. The van der Waals surface area contributed by atoms with Crippen LogP contribution in [-0.4, -0.2) is 19.3 Å². The van der Waals surface area contributed by atoms with E-state index in [2.05, 4.69) is 11.4 Å². The molecule has 0 aliphatic rings. The average Bonchev–Trinajstić information content (AvgIpc) is 2.29. The molecule has 0 saturated heterocycles. The van der Waals surface area contributed by atoms with Gasteiger partial charge in [-0.3, -0.25) is 0 Å². The fraction of sp³-hybridized carbons (Fsp3) is 0.417. The summed E-state index contributed by atoms with van der Waals surface area (Å²) in [5.41, 5.74) is 1.36. The van der Waals surface area contributed by atoms with Gasteiger partial charge >= 0.3 is 0 Å². The van der Waals surface area contributed by atoms with E-state index in [0.717, 1.165) is 5.69 Å². The minimum absolute atomic E-state index is 0.159. The summed E-state index contributed by atoms with van der Waals surface area (Å²) in [6.07, 6.45) is 0. The Morgan fingerprint density at radius 1 is 1.56 bits per heavy atom. The van der Waals surface area contributed by atoms with Crippen LogP contribution in [0.5, 0.6) is 0 Å². The highest BCUT2D eigenvalue weighted by atomic mass is 35.5. The summed E-state index contributed by atoms with van der Waals surface area (Å²) in [6, 6.07) is 7.39. The SMILES string of the molecule is CCOCC(C)Nc1cc(C#N)ccc1Cl. The maximum atomic E-state index is 8.78. The van der Waals surface area contributed by atoms with E-state index >= 15 is 0 Å². The molecule has 1 N–H and O–H groups in total. The minimum Gasteiger partial charge on any atom is -0.380 e. The largest absolute Gasteiger partial charge is 0.380 e. The first-order valence-corrected chi connectivity index (χ1v) is 5.59. The maximum Gasteiger partial charge on any atom is 0.0992 e. The van der Waals surface area contributed by atoms with Crippen LogP contribution in [-0.2, 0) is 4.74 Å². The molecule has 4 heteroatoms. The molecular formula is C12H15ClN2O. The number of benzene rings is 1. The van der Waals surface area contributed by atoms with Crippen molar-refractivity contribution in [1.29, 1.82) is 5.26 Å². The Kier molecular flexibility index (Phi) is 5.10. The Bertz CT molecular complexity index is 387. The number of hydrogen-bond acceptors (Lipinski definition) is 3. The highest BCUT2D eigenvalue weighted by molar-refractivity contribution is 6.33. The van der Waals surface area contributed by atoms with Crippen LogP contribution in [0.3, 0.4) is 0 Å². The highest BCUT2D eigenvalue weighted by Crippen LogP contribution is 2.23. The van der Waals surface area contributed by atoms with E-state index in [-0.39, 0.29) is 6.04 Å². The predicted molar refractivity (Wildman–Crippen MR) is 65.7 cm³/mol. The van der Waals surface area contributed by atoms with Crippen LogP contribution in [0.15, 0.2) is 18.2 Å². The molecule has 0 aliphatic heterocycles. The topological polar surface area (TPSA) is 45.0 Å². The van der Waals surface area contributed by atoms with Crippen molar-refractivity contribution in [3.8, 4) is 6.07 Å². The van der Waals surface area contributed by atoms with Crippen LogP contribution in [0.25, 0.3) is 0 Å². The van der Waals surface area contributed by atoms with Crippen molar-refractivity contribution in [2.45, 2.75) is 19.9 Å². The number of nitriles is 1. The second kappa shape index (κ2) is 6.37. The van der Waals surface area contributed by atoms with Crippen molar-refractivity contribution in [1.82, 2.24) is 0 Å². The first-order valence-electron chi connectivity index (χ1n) is 5.21. The molecule has 0 aromatic heterocycles. The van der Waals surface area contributed by atoms with E-state index in [1.165, 1.54) is 0 Å². The molecule has 1 aromatic carbocycles. The number of nitrogens with zero attached hydrogens (tertiary/aromatic N) is 1. The minimum atomic E-state index is 0.159. The number of rotatable bonds is 5. The van der Waals surface area contributed by atoms with E-state index in [1.54, 1.807) is 18.2 Å². The Hall–Kier alpha value is -1.24. The van der Waals surface area contributed by atoms with Crippen molar-refractivity contribution in [2.24, 2.45) is 0 Å². The Morgan fingerprint density at radius 3 is 2.94 bits per heavy atom. The van der Waals surface area contributed by atoms with Crippen LogP contribution < -0.4 is 5.32 Å². The molecule has 1 unspecified atom stereocenters. The molecule has 0 fully saturated rings. The molecule has 0 heterocycles. The van der Waals surface area contributed by atoms with Crippen LogP contribution in [0.2, 0.25) is 5.02 Å². The third-order valence-corrected chi connectivity index (χ3v) is 2.40. The predicted octanol–water partition coefficient (Wildman–Crippen LogP) is 3.05. The monoisotopic (exact) mass is 238 g/mol. The zero-order valence-corrected chi connectivity index (χ0v) is 10.2. The first-order chi connectivity index (χ1) is 7.67. The lowest BCUT2D eigenvalue weighted by Gasteiger charge is -2.16. The zero-order valence-electron chi connectivity index (χ0n) is 9.46. The average molecular weight is 239 g/mol. The van der Waals surface area contributed by atoms with Crippen molar-refractivity contribution >= 4 is 17.3 Å². The van der Waals surface area contributed by atoms with Crippen molar-refractivity contribution in [3.63, 3.8) is 0 Å². The van der Waals surface area contributed by atoms with Crippen molar-refractivity contribution < 1.29 is 4.74 Å². The summed E-state index contributed by atoms with van der Waals surface area (Å²) in [6.45, 7) is 5.27. The molecule has 16 heavy (non-hydrogen) atoms. The summed E-state index contributed by atoms with van der Waals surface area (Å²) in [5, 5.41) is 12.6. The number of hydrogen-bond donors (Lipinski definition) is 1. The van der Waals surface area contributed by atoms with E-state index in [0.29, 0.717) is 23.8 Å². The molecule has 0 radical (unpaired) electrons. The Balaban J connectivity index is 2.69. The fourth-order valence-corrected chi connectivity index (χ4v) is 1.48. The van der Waals surface area contributed by atoms with Crippen molar-refractivity contribution in [3.05, 3.63) is 28.8 Å². The molecule has 86 valence electrons. The molecule has 0 saturated carbocycles. The Labute approximate surface area is 101 Å². The van der Waals surface area contributed by atoms with Gasteiger partial charge in [0, 0.05) is 12.6 Å². The van der Waals surface area contributed by atoms with Crippen LogP contribution in [0, 0.1) is 11.3 Å². The third-order valence-electron chi connectivity index (χ3n) is 2.07. The molecule has 0 aliphatic carbocycles. The van der Waals surface area contributed by atoms with Gasteiger partial charge in [0.05, 0.1) is 28.9 Å². The van der Waals surface area contributed by atoms with Gasteiger partial charge in [0.15, 0.2) is 0 Å². The highest BCUT2D eigenvalue weighted by Gasteiger charge is 2.06. The van der Waals surface area contributed by atoms with Gasteiger partial charge in [-0.25, -0.2) is 0 Å². The fourth-order valence-electron chi connectivity index (χ4n) is 1.31. The van der Waals surface area contributed by atoms with Gasteiger partial charge in [-0.05, 0) is 32.0 Å². The van der Waals surface area contributed by atoms with Crippen molar-refractivity contribution in [2.75, 3.05) is 18.5 Å². The summed E-state index contributed by atoms with van der Waals surface area (Å²) < 4.78 is 5.29. The molecule has 3 nitrogen and oxygen atoms in total. The second-order valence-electron chi connectivity index (χ2n) is 3.51.